The van der Waals surface area contributed by atoms with Gasteiger partial charge in [-0.3, -0.25) is 0 Å². The molecule has 1 N–H and O–H groups in total. The van der Waals surface area contributed by atoms with Gasteiger partial charge < -0.3 is 14.8 Å². The van der Waals surface area contributed by atoms with E-state index >= 15 is 0 Å². The van der Waals surface area contributed by atoms with E-state index in [-0.39, 0.29) is 15.4 Å². The van der Waals surface area contributed by atoms with Crippen molar-refractivity contribution in [3.63, 3.8) is 0 Å². The summed E-state index contributed by atoms with van der Waals surface area (Å²) in [6, 6.07) is 2.09. The van der Waals surface area contributed by atoms with Gasteiger partial charge in [-0.25, -0.2) is 0 Å². The van der Waals surface area contributed by atoms with Gasteiger partial charge in [-0.1, -0.05) is 12.5 Å². The van der Waals surface area contributed by atoms with E-state index in [1.54, 1.807) is 14.2 Å². The Morgan fingerprint density at radius 2 is 2.14 bits per heavy atom. The molecule has 0 aromatic heterocycles. The maximum Gasteiger partial charge on any atom is 0.134 e. The van der Waals surface area contributed by atoms with Crippen LogP contribution in [0.25, 0.3) is 0 Å². The summed E-state index contributed by atoms with van der Waals surface area (Å²) < 4.78 is 10.4. The summed E-state index contributed by atoms with van der Waals surface area (Å²) >= 11 is 0. The maximum absolute atomic E-state index is 5.21. The monoisotopic (exact) mass is 217 g/mol. The van der Waals surface area contributed by atoms with Gasteiger partial charge in [0.15, 0.2) is 0 Å². The second-order valence-corrected chi connectivity index (χ2v) is 5.93. The van der Waals surface area contributed by atoms with Crippen LogP contribution < -0.4 is 5.32 Å². The molecule has 1 aliphatic heterocycles. The number of nitrogens with one attached hydrogen (secondary N) is 1. The third-order valence-corrected chi connectivity index (χ3v) is 4.89. The van der Waals surface area contributed by atoms with Gasteiger partial charge >= 0.3 is 0 Å². The highest BCUT2D eigenvalue weighted by molar-refractivity contribution is 6.36. The molecule has 1 aliphatic rings. The Morgan fingerprint density at radius 3 is 2.71 bits per heavy atom. The lowest BCUT2D eigenvalue weighted by atomic mass is 10.0. The summed E-state index contributed by atoms with van der Waals surface area (Å²) in [4.78, 5) is 0. The largest absolute Gasteiger partial charge is 0.360 e. The average Bonchev–Trinajstić information content (AvgIpc) is 2.26. The summed E-state index contributed by atoms with van der Waals surface area (Å²) in [5, 5.41) is 3.57. The first-order valence-electron chi connectivity index (χ1n) is 5.65. The number of rotatable bonds is 6. The van der Waals surface area contributed by atoms with E-state index in [4.69, 9.17) is 9.47 Å². The molecule has 0 aliphatic carbocycles. The molecule has 1 heterocycles. The Bertz CT molecular complexity index is 136. The van der Waals surface area contributed by atoms with Crippen molar-refractivity contribution in [3.05, 3.63) is 0 Å². The van der Waals surface area contributed by atoms with Crippen LogP contribution in [0.4, 0.5) is 0 Å². The Kier molecular flexibility index (Phi) is 6.43. The van der Waals surface area contributed by atoms with Gasteiger partial charge in [-0.2, -0.15) is 0 Å². The van der Waals surface area contributed by atoms with Gasteiger partial charge in [0.05, 0.1) is 9.52 Å². The molecule has 4 heteroatoms. The molecule has 1 rings (SSSR count). The molecule has 0 aromatic rings. The minimum atomic E-state index is -0.204. The zero-order chi connectivity index (χ0) is 10.2. The molecule has 0 spiro atoms. The summed E-state index contributed by atoms with van der Waals surface area (Å²) in [6.07, 6.45) is 5.43. The van der Waals surface area contributed by atoms with Gasteiger partial charge in [0.1, 0.15) is 5.91 Å². The molecule has 3 nitrogen and oxygen atoms in total. The summed E-state index contributed by atoms with van der Waals surface area (Å²) in [6.45, 7) is 1.21. The fraction of sp³-hybridized carbons (Fsp3) is 1.00. The van der Waals surface area contributed by atoms with Crippen LogP contribution in [0.15, 0.2) is 0 Å². The second kappa shape index (κ2) is 7.40. The first kappa shape index (κ1) is 12.2. The number of hydrogen-bond acceptors (Lipinski definition) is 3. The molecular weight excluding hydrogens is 194 g/mol. The molecule has 0 amide bonds. The maximum atomic E-state index is 5.21. The molecule has 1 fully saturated rings. The number of methoxy groups -OCH3 is 2. The average molecular weight is 217 g/mol. The molecule has 1 atom stereocenters. The molecule has 84 valence electrons. The molecule has 1 saturated heterocycles. The Labute approximate surface area is 89.4 Å². The lowest BCUT2D eigenvalue weighted by Gasteiger charge is -2.23. The van der Waals surface area contributed by atoms with E-state index in [9.17, 15) is 0 Å². The predicted octanol–water partition coefficient (Wildman–Crippen LogP) is 0.682. The van der Waals surface area contributed by atoms with E-state index in [0.29, 0.717) is 0 Å². The fourth-order valence-corrected chi connectivity index (χ4v) is 3.57. The Hall–Kier alpha value is 0.0969. The fourth-order valence-electron chi connectivity index (χ4n) is 2.03. The van der Waals surface area contributed by atoms with Crippen LogP contribution in [0.2, 0.25) is 6.04 Å². The molecule has 0 radical (unpaired) electrons. The van der Waals surface area contributed by atoms with Gasteiger partial charge in [0.25, 0.3) is 0 Å². The minimum absolute atomic E-state index is 0.124. The van der Waals surface area contributed by atoms with Crippen LogP contribution in [-0.4, -0.2) is 42.2 Å². The van der Waals surface area contributed by atoms with Gasteiger partial charge in [-0.05, 0) is 25.8 Å². The van der Waals surface area contributed by atoms with Crippen molar-refractivity contribution in [2.24, 2.45) is 0 Å². The van der Waals surface area contributed by atoms with E-state index < -0.39 is 0 Å². The van der Waals surface area contributed by atoms with E-state index in [1.807, 2.05) is 0 Å². The number of ether oxygens (including phenoxy) is 2. The summed E-state index contributed by atoms with van der Waals surface area (Å²) in [5.41, 5.74) is 0. The third kappa shape index (κ3) is 4.55. The van der Waals surface area contributed by atoms with E-state index in [2.05, 4.69) is 5.32 Å². The Balaban J connectivity index is 2.01. The van der Waals surface area contributed by atoms with E-state index in [0.717, 1.165) is 6.04 Å². The SMILES string of the molecule is COC(OC)[SiH2]CCC1CCCCN1. The molecule has 0 saturated carbocycles. The summed E-state index contributed by atoms with van der Waals surface area (Å²) in [5.74, 6) is 0.124. The van der Waals surface area contributed by atoms with Crippen molar-refractivity contribution >= 4 is 9.52 Å². The molecule has 14 heavy (non-hydrogen) atoms. The van der Waals surface area contributed by atoms with Crippen molar-refractivity contribution in [2.75, 3.05) is 20.8 Å². The first-order chi connectivity index (χ1) is 6.86. The number of hydrogen-bond donors (Lipinski definition) is 1. The quantitative estimate of drug-likeness (QED) is 0.524. The van der Waals surface area contributed by atoms with Crippen LogP contribution in [0.3, 0.4) is 0 Å². The van der Waals surface area contributed by atoms with Crippen molar-refractivity contribution in [1.29, 1.82) is 0 Å². The zero-order valence-electron chi connectivity index (χ0n) is 9.42. The predicted molar refractivity (Wildman–Crippen MR) is 61.4 cm³/mol. The van der Waals surface area contributed by atoms with Crippen LogP contribution in [0, 0.1) is 0 Å². The lowest BCUT2D eigenvalue weighted by molar-refractivity contribution is -0.0441. The van der Waals surface area contributed by atoms with Crippen LogP contribution in [-0.2, 0) is 9.47 Å². The highest BCUT2D eigenvalue weighted by Gasteiger charge is 2.13. The molecule has 0 bridgehead atoms. The van der Waals surface area contributed by atoms with Gasteiger partial charge in [-0.15, -0.1) is 0 Å². The smallest absolute Gasteiger partial charge is 0.134 e. The highest BCUT2D eigenvalue weighted by atomic mass is 28.2. The standard InChI is InChI=1S/C10H23NO2Si/c1-12-10(13-2)14-8-6-9-5-3-4-7-11-9/h9-11H,3-8,14H2,1-2H3. The Morgan fingerprint density at radius 1 is 1.36 bits per heavy atom. The van der Waals surface area contributed by atoms with E-state index in [1.165, 1.54) is 38.3 Å². The summed E-state index contributed by atoms with van der Waals surface area (Å²) in [7, 11) is 3.27. The third-order valence-electron chi connectivity index (χ3n) is 2.93. The van der Waals surface area contributed by atoms with Crippen LogP contribution in [0.1, 0.15) is 25.7 Å². The topological polar surface area (TPSA) is 30.5 Å². The van der Waals surface area contributed by atoms with Gasteiger partial charge in [0, 0.05) is 20.3 Å². The highest BCUT2D eigenvalue weighted by Crippen LogP contribution is 2.12. The van der Waals surface area contributed by atoms with Crippen molar-refractivity contribution in [1.82, 2.24) is 5.32 Å². The lowest BCUT2D eigenvalue weighted by Crippen LogP contribution is -2.34. The first-order valence-corrected chi connectivity index (χ1v) is 7.47. The second-order valence-electron chi connectivity index (χ2n) is 3.98. The zero-order valence-corrected chi connectivity index (χ0v) is 10.8. The van der Waals surface area contributed by atoms with Crippen molar-refractivity contribution in [2.45, 2.75) is 43.7 Å². The van der Waals surface area contributed by atoms with Crippen LogP contribution in [0.5, 0.6) is 0 Å². The minimum Gasteiger partial charge on any atom is -0.360 e. The van der Waals surface area contributed by atoms with Gasteiger partial charge in [0.2, 0.25) is 0 Å². The molecule has 0 aromatic carbocycles. The van der Waals surface area contributed by atoms with Crippen molar-refractivity contribution < 1.29 is 9.47 Å². The molecular formula is C10H23NO2Si. The van der Waals surface area contributed by atoms with Crippen LogP contribution >= 0.6 is 0 Å². The molecule has 1 unspecified atom stereocenters. The number of piperidine rings is 1. The van der Waals surface area contributed by atoms with Crippen molar-refractivity contribution in [3.8, 4) is 0 Å². The normalized spacial score (nSPS) is 23.8.